The van der Waals surface area contributed by atoms with Gasteiger partial charge >= 0.3 is 5.97 Å². The second-order valence-corrected chi connectivity index (χ2v) is 7.25. The molecule has 0 spiro atoms. The van der Waals surface area contributed by atoms with Crippen LogP contribution in [-0.2, 0) is 9.53 Å². The first kappa shape index (κ1) is 18.9. The minimum atomic E-state index is -1.09. The maximum Gasteiger partial charge on any atom is 0.328 e. The van der Waals surface area contributed by atoms with E-state index in [0.29, 0.717) is 24.3 Å². The van der Waals surface area contributed by atoms with E-state index in [9.17, 15) is 19.5 Å². The van der Waals surface area contributed by atoms with Crippen molar-refractivity contribution in [2.24, 2.45) is 5.41 Å². The molecule has 0 radical (unpaired) electrons. The van der Waals surface area contributed by atoms with Crippen molar-refractivity contribution in [3.63, 3.8) is 0 Å². The van der Waals surface area contributed by atoms with Gasteiger partial charge in [-0.3, -0.25) is 9.59 Å². The number of carboxylic acid groups (broad SMARTS) is 1. The Morgan fingerprint density at radius 1 is 1.20 bits per heavy atom. The summed E-state index contributed by atoms with van der Waals surface area (Å²) in [6.45, 7) is 7.13. The maximum absolute atomic E-state index is 12.6. The number of hydrogen-bond acceptors (Lipinski definition) is 4. The minimum Gasteiger partial charge on any atom is -0.480 e. The number of aliphatic carboxylic acids is 1. The summed E-state index contributed by atoms with van der Waals surface area (Å²) in [6.07, 6.45) is 0. The van der Waals surface area contributed by atoms with Gasteiger partial charge in [0.05, 0.1) is 13.2 Å². The van der Waals surface area contributed by atoms with Crippen molar-refractivity contribution >= 4 is 17.8 Å². The molecule has 1 aliphatic rings. The quantitative estimate of drug-likeness (QED) is 0.857. The van der Waals surface area contributed by atoms with Crippen LogP contribution in [-0.4, -0.2) is 60.1 Å². The van der Waals surface area contributed by atoms with Gasteiger partial charge in [-0.25, -0.2) is 4.79 Å². The van der Waals surface area contributed by atoms with Crippen LogP contribution in [0.15, 0.2) is 24.3 Å². The number of morpholine rings is 1. The summed E-state index contributed by atoms with van der Waals surface area (Å²) in [5, 5.41) is 12.1. The van der Waals surface area contributed by atoms with Gasteiger partial charge < -0.3 is 20.1 Å². The van der Waals surface area contributed by atoms with Crippen LogP contribution in [0.5, 0.6) is 0 Å². The van der Waals surface area contributed by atoms with Crippen LogP contribution in [0.3, 0.4) is 0 Å². The molecule has 1 fully saturated rings. The molecule has 2 N–H and O–H groups in total. The number of nitrogens with one attached hydrogen (secondary N) is 1. The Kier molecular flexibility index (Phi) is 5.79. The lowest BCUT2D eigenvalue weighted by Crippen LogP contribution is -2.52. The first-order valence-corrected chi connectivity index (χ1v) is 8.19. The highest BCUT2D eigenvalue weighted by Crippen LogP contribution is 2.15. The van der Waals surface area contributed by atoms with Gasteiger partial charge in [0.15, 0.2) is 6.04 Å². The number of rotatable bonds is 4. The molecule has 7 heteroatoms. The van der Waals surface area contributed by atoms with Crippen LogP contribution < -0.4 is 5.32 Å². The number of carbonyl (C=O) groups excluding carboxylic acids is 2. The zero-order chi connectivity index (χ0) is 18.6. The van der Waals surface area contributed by atoms with Gasteiger partial charge in [0.1, 0.15) is 0 Å². The maximum atomic E-state index is 12.6. The summed E-state index contributed by atoms with van der Waals surface area (Å²) in [6, 6.07) is 5.24. The Morgan fingerprint density at radius 3 is 2.36 bits per heavy atom. The molecular weight excluding hydrogens is 324 g/mol. The topological polar surface area (TPSA) is 95.9 Å². The molecule has 1 saturated heterocycles. The zero-order valence-electron chi connectivity index (χ0n) is 14.7. The van der Waals surface area contributed by atoms with Gasteiger partial charge in [-0.2, -0.15) is 0 Å². The minimum absolute atomic E-state index is 0.0195. The van der Waals surface area contributed by atoms with E-state index in [4.69, 9.17) is 4.74 Å². The number of benzene rings is 1. The Labute approximate surface area is 147 Å². The summed E-state index contributed by atoms with van der Waals surface area (Å²) in [5.74, 6) is -1.67. The Bertz CT molecular complexity index is 648. The standard InChI is InChI=1S/C18H24N2O5/c1-18(2,3)11-19-15(21)12-4-6-13(7-5-12)16(22)20-8-9-25-10-14(20)17(23)24/h4-7,14H,8-11H2,1-3H3,(H,19,21)(H,23,24). The van der Waals surface area contributed by atoms with Gasteiger partial charge in [0.2, 0.25) is 0 Å². The first-order chi connectivity index (χ1) is 11.7. The molecule has 0 aromatic heterocycles. The van der Waals surface area contributed by atoms with E-state index in [0.717, 1.165) is 0 Å². The molecule has 1 heterocycles. The van der Waals surface area contributed by atoms with E-state index < -0.39 is 12.0 Å². The smallest absolute Gasteiger partial charge is 0.328 e. The molecule has 1 unspecified atom stereocenters. The lowest BCUT2D eigenvalue weighted by molar-refractivity contribution is -0.147. The number of nitrogens with zero attached hydrogens (tertiary/aromatic N) is 1. The van der Waals surface area contributed by atoms with Crippen molar-refractivity contribution in [1.29, 1.82) is 0 Å². The zero-order valence-corrected chi connectivity index (χ0v) is 14.7. The normalized spacial score (nSPS) is 17.9. The van der Waals surface area contributed by atoms with Crippen LogP contribution >= 0.6 is 0 Å². The van der Waals surface area contributed by atoms with E-state index in [1.54, 1.807) is 24.3 Å². The molecule has 1 aromatic rings. The molecule has 1 aromatic carbocycles. The van der Waals surface area contributed by atoms with Crippen LogP contribution in [0.25, 0.3) is 0 Å². The van der Waals surface area contributed by atoms with Crippen molar-refractivity contribution in [1.82, 2.24) is 10.2 Å². The summed E-state index contributed by atoms with van der Waals surface area (Å²) in [7, 11) is 0. The fraction of sp³-hybridized carbons (Fsp3) is 0.500. The molecule has 0 bridgehead atoms. The van der Waals surface area contributed by atoms with Gasteiger partial charge in [-0.15, -0.1) is 0 Å². The molecule has 7 nitrogen and oxygen atoms in total. The highest BCUT2D eigenvalue weighted by atomic mass is 16.5. The van der Waals surface area contributed by atoms with Crippen molar-refractivity contribution in [2.75, 3.05) is 26.3 Å². The Hall–Kier alpha value is -2.41. The SMILES string of the molecule is CC(C)(C)CNC(=O)c1ccc(C(=O)N2CCOCC2C(=O)O)cc1. The predicted molar refractivity (Wildman–Crippen MR) is 91.5 cm³/mol. The lowest BCUT2D eigenvalue weighted by Gasteiger charge is -2.32. The molecule has 0 saturated carbocycles. The van der Waals surface area contributed by atoms with E-state index in [-0.39, 0.29) is 30.4 Å². The van der Waals surface area contributed by atoms with Crippen molar-refractivity contribution in [3.8, 4) is 0 Å². The molecule has 1 atom stereocenters. The molecule has 136 valence electrons. The summed E-state index contributed by atoms with van der Waals surface area (Å²) >= 11 is 0. The van der Waals surface area contributed by atoms with Crippen LogP contribution in [0.1, 0.15) is 41.5 Å². The van der Waals surface area contributed by atoms with Crippen molar-refractivity contribution < 1.29 is 24.2 Å². The van der Waals surface area contributed by atoms with Crippen LogP contribution in [0.4, 0.5) is 0 Å². The Morgan fingerprint density at radius 2 is 1.80 bits per heavy atom. The third kappa shape index (κ3) is 5.03. The number of amides is 2. The second kappa shape index (κ2) is 7.65. The van der Waals surface area contributed by atoms with Gasteiger partial charge in [0.25, 0.3) is 11.8 Å². The predicted octanol–water partition coefficient (Wildman–Crippen LogP) is 1.39. The van der Waals surface area contributed by atoms with E-state index >= 15 is 0 Å². The molecule has 1 aliphatic heterocycles. The fourth-order valence-electron chi connectivity index (χ4n) is 2.43. The van der Waals surface area contributed by atoms with E-state index in [2.05, 4.69) is 5.32 Å². The summed E-state index contributed by atoms with van der Waals surface area (Å²) in [4.78, 5) is 37.2. The van der Waals surface area contributed by atoms with Gasteiger partial charge in [-0.1, -0.05) is 20.8 Å². The third-order valence-corrected chi connectivity index (χ3v) is 3.85. The van der Waals surface area contributed by atoms with Crippen molar-refractivity contribution in [2.45, 2.75) is 26.8 Å². The number of carboxylic acids is 1. The second-order valence-electron chi connectivity index (χ2n) is 7.25. The first-order valence-electron chi connectivity index (χ1n) is 8.19. The van der Waals surface area contributed by atoms with E-state index in [1.807, 2.05) is 20.8 Å². The Balaban J connectivity index is 2.07. The number of carbonyl (C=O) groups is 3. The molecule has 2 amide bonds. The highest BCUT2D eigenvalue weighted by molar-refractivity contribution is 5.99. The molecular formula is C18H24N2O5. The van der Waals surface area contributed by atoms with E-state index in [1.165, 1.54) is 4.90 Å². The van der Waals surface area contributed by atoms with Gasteiger partial charge in [0, 0.05) is 24.2 Å². The fourth-order valence-corrected chi connectivity index (χ4v) is 2.43. The molecule has 2 rings (SSSR count). The van der Waals surface area contributed by atoms with Crippen LogP contribution in [0, 0.1) is 5.41 Å². The number of ether oxygens (including phenoxy) is 1. The molecule has 25 heavy (non-hydrogen) atoms. The average Bonchev–Trinajstić information content (AvgIpc) is 2.58. The average molecular weight is 348 g/mol. The van der Waals surface area contributed by atoms with Gasteiger partial charge in [-0.05, 0) is 29.7 Å². The number of hydrogen-bond donors (Lipinski definition) is 2. The summed E-state index contributed by atoms with van der Waals surface area (Å²) in [5.41, 5.74) is 0.784. The third-order valence-electron chi connectivity index (χ3n) is 3.85. The monoisotopic (exact) mass is 348 g/mol. The lowest BCUT2D eigenvalue weighted by atomic mass is 9.97. The van der Waals surface area contributed by atoms with Crippen molar-refractivity contribution in [3.05, 3.63) is 35.4 Å². The molecule has 0 aliphatic carbocycles. The highest BCUT2D eigenvalue weighted by Gasteiger charge is 2.33. The van der Waals surface area contributed by atoms with Crippen LogP contribution in [0.2, 0.25) is 0 Å². The largest absolute Gasteiger partial charge is 0.480 e. The summed E-state index contributed by atoms with van der Waals surface area (Å²) < 4.78 is 5.14.